The van der Waals surface area contributed by atoms with E-state index in [0.717, 1.165) is 18.5 Å². The third kappa shape index (κ3) is 2.79. The van der Waals surface area contributed by atoms with E-state index in [0.29, 0.717) is 0 Å². The van der Waals surface area contributed by atoms with Crippen LogP contribution in [-0.2, 0) is 19.4 Å². The summed E-state index contributed by atoms with van der Waals surface area (Å²) < 4.78 is 0. The number of benzene rings is 1. The van der Waals surface area contributed by atoms with Gasteiger partial charge in [-0.2, -0.15) is 0 Å². The Balaban J connectivity index is 1.58. The van der Waals surface area contributed by atoms with Gasteiger partial charge in [0.1, 0.15) is 0 Å². The highest BCUT2D eigenvalue weighted by Gasteiger charge is 2.31. The van der Waals surface area contributed by atoms with Gasteiger partial charge in [0.15, 0.2) is 0 Å². The first kappa shape index (κ1) is 13.5. The molecule has 0 N–H and O–H groups in total. The molecule has 1 saturated heterocycles. The molecule has 2 aliphatic heterocycles. The minimum Gasteiger partial charge on any atom is -0.295 e. The summed E-state index contributed by atoms with van der Waals surface area (Å²) in [4.78, 5) is 5.73. The number of hydrogen-bond acceptors (Lipinski definition) is 2. The van der Waals surface area contributed by atoms with Crippen molar-refractivity contribution in [1.29, 1.82) is 0 Å². The lowest BCUT2D eigenvalue weighted by atomic mass is 9.80. The van der Waals surface area contributed by atoms with E-state index in [-0.39, 0.29) is 0 Å². The molecule has 2 unspecified atom stereocenters. The van der Waals surface area contributed by atoms with Crippen molar-refractivity contribution >= 4 is 11.3 Å². The second-order valence-corrected chi connectivity index (χ2v) is 8.09. The summed E-state index contributed by atoms with van der Waals surface area (Å²) in [5, 5.41) is 0. The molecular weight excluding hydrogens is 274 g/mol. The molecule has 0 amide bonds. The SMILES string of the molecule is Cc1ccc(CN2CC3CCC2Cc2ccccc2C3)s1. The Morgan fingerprint density at radius 3 is 2.62 bits per heavy atom. The summed E-state index contributed by atoms with van der Waals surface area (Å²) >= 11 is 1.96. The Labute approximate surface area is 131 Å². The fourth-order valence-corrected chi connectivity index (χ4v) is 4.98. The zero-order valence-electron chi connectivity index (χ0n) is 12.7. The minimum absolute atomic E-state index is 0.741. The standard InChI is InChI=1S/C19H23NS/c1-14-6-9-19(21-14)13-20-12-15-7-8-18(20)11-17-5-3-2-4-16(17)10-15/h2-6,9,15,18H,7-8,10-13H2,1H3. The first-order valence-electron chi connectivity index (χ1n) is 8.14. The molecule has 1 fully saturated rings. The highest BCUT2D eigenvalue weighted by molar-refractivity contribution is 7.11. The van der Waals surface area contributed by atoms with Gasteiger partial charge in [-0.05, 0) is 61.8 Å². The number of piperidine rings is 1. The highest BCUT2D eigenvalue weighted by Crippen LogP contribution is 2.33. The molecule has 0 radical (unpaired) electrons. The van der Waals surface area contributed by atoms with E-state index < -0.39 is 0 Å². The van der Waals surface area contributed by atoms with Gasteiger partial charge >= 0.3 is 0 Å². The Kier molecular flexibility index (Phi) is 3.60. The lowest BCUT2D eigenvalue weighted by molar-refractivity contribution is 0.0948. The number of rotatable bonds is 2. The highest BCUT2D eigenvalue weighted by atomic mass is 32.1. The summed E-state index contributed by atoms with van der Waals surface area (Å²) in [6, 6.07) is 14.4. The van der Waals surface area contributed by atoms with Crippen LogP contribution in [0.4, 0.5) is 0 Å². The molecular formula is C19H23NS. The summed E-state index contributed by atoms with van der Waals surface area (Å²) in [6.45, 7) is 4.65. The topological polar surface area (TPSA) is 3.24 Å². The van der Waals surface area contributed by atoms with Crippen LogP contribution in [0.2, 0.25) is 0 Å². The van der Waals surface area contributed by atoms with Crippen molar-refractivity contribution in [2.24, 2.45) is 5.92 Å². The van der Waals surface area contributed by atoms with Crippen molar-refractivity contribution in [3.63, 3.8) is 0 Å². The third-order valence-electron chi connectivity index (χ3n) is 5.15. The van der Waals surface area contributed by atoms with Gasteiger partial charge in [0, 0.05) is 28.9 Å². The maximum atomic E-state index is 2.76. The third-order valence-corrected chi connectivity index (χ3v) is 6.14. The molecule has 1 aliphatic carbocycles. The fourth-order valence-electron chi connectivity index (χ4n) is 4.06. The van der Waals surface area contributed by atoms with Crippen molar-refractivity contribution in [3.05, 3.63) is 57.3 Å². The number of aryl methyl sites for hydroxylation is 1. The molecule has 1 aromatic heterocycles. The Bertz CT molecular complexity index is 630. The average Bonchev–Trinajstić information content (AvgIpc) is 2.85. The Hall–Kier alpha value is -1.12. The van der Waals surface area contributed by atoms with Gasteiger partial charge in [-0.1, -0.05) is 24.3 Å². The molecule has 21 heavy (non-hydrogen) atoms. The largest absolute Gasteiger partial charge is 0.295 e. The van der Waals surface area contributed by atoms with Crippen LogP contribution in [0.15, 0.2) is 36.4 Å². The van der Waals surface area contributed by atoms with E-state index >= 15 is 0 Å². The fraction of sp³-hybridized carbons (Fsp3) is 0.474. The van der Waals surface area contributed by atoms with Gasteiger partial charge in [0.25, 0.3) is 0 Å². The normalized spacial score (nSPS) is 25.4. The van der Waals surface area contributed by atoms with E-state index in [9.17, 15) is 0 Å². The van der Waals surface area contributed by atoms with Gasteiger partial charge < -0.3 is 0 Å². The van der Waals surface area contributed by atoms with Crippen LogP contribution in [0.25, 0.3) is 0 Å². The zero-order chi connectivity index (χ0) is 14.2. The molecule has 3 aliphatic rings. The van der Waals surface area contributed by atoms with Gasteiger partial charge in [-0.3, -0.25) is 4.90 Å². The second kappa shape index (κ2) is 5.58. The lowest BCUT2D eigenvalue weighted by Gasteiger charge is -2.42. The second-order valence-electron chi connectivity index (χ2n) is 6.72. The van der Waals surface area contributed by atoms with Crippen LogP contribution in [0.1, 0.15) is 33.7 Å². The van der Waals surface area contributed by atoms with Gasteiger partial charge in [0.05, 0.1) is 0 Å². The summed E-state index contributed by atoms with van der Waals surface area (Å²) in [5.74, 6) is 0.851. The monoisotopic (exact) mass is 297 g/mol. The Morgan fingerprint density at radius 2 is 1.86 bits per heavy atom. The van der Waals surface area contributed by atoms with E-state index in [1.165, 1.54) is 42.0 Å². The molecule has 5 rings (SSSR count). The Morgan fingerprint density at radius 1 is 1.05 bits per heavy atom. The van der Waals surface area contributed by atoms with Crippen molar-refractivity contribution in [2.75, 3.05) is 6.54 Å². The molecule has 3 heterocycles. The lowest BCUT2D eigenvalue weighted by Crippen LogP contribution is -2.45. The maximum absolute atomic E-state index is 2.76. The predicted octanol–water partition coefficient (Wildman–Crippen LogP) is 4.44. The molecule has 0 spiro atoms. The van der Waals surface area contributed by atoms with Crippen molar-refractivity contribution < 1.29 is 0 Å². The predicted molar refractivity (Wildman–Crippen MR) is 89.8 cm³/mol. The first-order chi connectivity index (χ1) is 10.3. The summed E-state index contributed by atoms with van der Waals surface area (Å²) in [7, 11) is 0. The maximum Gasteiger partial charge on any atom is 0.0331 e. The van der Waals surface area contributed by atoms with Crippen molar-refractivity contribution in [2.45, 2.75) is 45.2 Å². The van der Waals surface area contributed by atoms with E-state index in [4.69, 9.17) is 0 Å². The van der Waals surface area contributed by atoms with Crippen molar-refractivity contribution in [1.82, 2.24) is 4.90 Å². The molecule has 0 saturated carbocycles. The zero-order valence-corrected chi connectivity index (χ0v) is 13.5. The number of thiophene rings is 1. The van der Waals surface area contributed by atoms with Gasteiger partial charge in [0.2, 0.25) is 0 Å². The molecule has 2 heteroatoms. The first-order valence-corrected chi connectivity index (χ1v) is 8.96. The molecule has 1 nitrogen and oxygen atoms in total. The van der Waals surface area contributed by atoms with Crippen LogP contribution >= 0.6 is 11.3 Å². The van der Waals surface area contributed by atoms with Crippen LogP contribution in [-0.4, -0.2) is 17.5 Å². The smallest absolute Gasteiger partial charge is 0.0331 e. The molecule has 1 aromatic carbocycles. The van der Waals surface area contributed by atoms with E-state index in [1.54, 1.807) is 11.1 Å². The van der Waals surface area contributed by atoms with E-state index in [1.807, 2.05) is 11.3 Å². The van der Waals surface area contributed by atoms with Crippen LogP contribution in [0.5, 0.6) is 0 Å². The van der Waals surface area contributed by atoms with Crippen LogP contribution in [0.3, 0.4) is 0 Å². The van der Waals surface area contributed by atoms with Crippen molar-refractivity contribution in [3.8, 4) is 0 Å². The van der Waals surface area contributed by atoms with Crippen LogP contribution < -0.4 is 0 Å². The quantitative estimate of drug-likeness (QED) is 0.792. The minimum atomic E-state index is 0.741. The summed E-state index contributed by atoms with van der Waals surface area (Å²) in [5.41, 5.74) is 3.21. The number of hydrogen-bond donors (Lipinski definition) is 0. The van der Waals surface area contributed by atoms with Crippen LogP contribution in [0, 0.1) is 12.8 Å². The molecule has 110 valence electrons. The molecule has 2 bridgehead atoms. The number of fused-ring (bicyclic) bond motifs is 2. The van der Waals surface area contributed by atoms with Gasteiger partial charge in [-0.15, -0.1) is 11.3 Å². The summed E-state index contributed by atoms with van der Waals surface area (Å²) in [6.07, 6.45) is 5.32. The molecule has 2 atom stereocenters. The molecule has 2 aromatic rings. The number of nitrogens with zero attached hydrogens (tertiary/aromatic N) is 1. The average molecular weight is 297 g/mol. The van der Waals surface area contributed by atoms with Gasteiger partial charge in [-0.25, -0.2) is 0 Å². The van der Waals surface area contributed by atoms with E-state index in [2.05, 4.69) is 48.2 Å².